The van der Waals surface area contributed by atoms with Crippen LogP contribution in [0, 0.1) is 0 Å². The number of hydrogen-bond acceptors (Lipinski definition) is 4. The van der Waals surface area contributed by atoms with Crippen molar-refractivity contribution in [2.75, 3.05) is 25.0 Å². The average Bonchev–Trinajstić information content (AvgIpc) is 2.62. The van der Waals surface area contributed by atoms with E-state index in [1.165, 1.54) is 0 Å². The number of carbonyl (C=O) groups is 2. The van der Waals surface area contributed by atoms with Gasteiger partial charge in [-0.3, -0.25) is 14.5 Å². The zero-order chi connectivity index (χ0) is 21.4. The monoisotopic (exact) mass is 417 g/mol. The SMILES string of the molecule is CCN(CC(=O)Nc1cc(Cl)ccc1Oc1ccccc1)CC(=O)NC(C)(C)C. The molecule has 2 aromatic carbocycles. The average molecular weight is 418 g/mol. The molecule has 2 amide bonds. The lowest BCUT2D eigenvalue weighted by Crippen LogP contribution is -2.47. The number of amides is 2. The van der Waals surface area contributed by atoms with Crippen molar-refractivity contribution >= 4 is 29.1 Å². The topological polar surface area (TPSA) is 70.7 Å². The fraction of sp³-hybridized carbons (Fsp3) is 0.364. The summed E-state index contributed by atoms with van der Waals surface area (Å²) in [7, 11) is 0. The Kier molecular flexibility index (Phi) is 8.05. The molecule has 0 atom stereocenters. The van der Waals surface area contributed by atoms with Crippen LogP contribution in [0.15, 0.2) is 48.5 Å². The number of anilines is 1. The van der Waals surface area contributed by atoms with Gasteiger partial charge in [0.1, 0.15) is 5.75 Å². The highest BCUT2D eigenvalue weighted by Crippen LogP contribution is 2.32. The summed E-state index contributed by atoms with van der Waals surface area (Å²) in [5.41, 5.74) is 0.157. The van der Waals surface area contributed by atoms with Gasteiger partial charge in [0.05, 0.1) is 18.8 Å². The van der Waals surface area contributed by atoms with E-state index in [2.05, 4.69) is 10.6 Å². The maximum Gasteiger partial charge on any atom is 0.238 e. The van der Waals surface area contributed by atoms with Crippen LogP contribution in [0.2, 0.25) is 5.02 Å². The Hall–Kier alpha value is -2.57. The van der Waals surface area contributed by atoms with E-state index in [1.54, 1.807) is 23.1 Å². The largest absolute Gasteiger partial charge is 0.455 e. The van der Waals surface area contributed by atoms with E-state index in [-0.39, 0.29) is 30.4 Å². The molecule has 2 rings (SSSR count). The minimum atomic E-state index is -0.316. The van der Waals surface area contributed by atoms with Crippen LogP contribution >= 0.6 is 11.6 Å². The normalized spacial score (nSPS) is 11.2. The predicted octanol–water partition coefficient (Wildman–Crippen LogP) is 4.31. The van der Waals surface area contributed by atoms with Gasteiger partial charge in [-0.25, -0.2) is 0 Å². The number of nitrogens with zero attached hydrogens (tertiary/aromatic N) is 1. The first-order chi connectivity index (χ1) is 13.7. The Labute approximate surface area is 177 Å². The minimum absolute atomic E-state index is 0.0748. The Bertz CT molecular complexity index is 835. The third-order valence-electron chi connectivity index (χ3n) is 3.88. The fourth-order valence-electron chi connectivity index (χ4n) is 2.64. The quantitative estimate of drug-likeness (QED) is 0.671. The van der Waals surface area contributed by atoms with E-state index in [4.69, 9.17) is 16.3 Å². The second kappa shape index (κ2) is 10.3. The molecule has 0 radical (unpaired) electrons. The van der Waals surface area contributed by atoms with Gasteiger partial charge in [-0.05, 0) is 57.6 Å². The highest BCUT2D eigenvalue weighted by Gasteiger charge is 2.18. The van der Waals surface area contributed by atoms with E-state index in [0.717, 1.165) is 0 Å². The maximum atomic E-state index is 12.6. The second-order valence-electron chi connectivity index (χ2n) is 7.71. The van der Waals surface area contributed by atoms with Crippen LogP contribution in [0.3, 0.4) is 0 Å². The predicted molar refractivity (Wildman–Crippen MR) is 117 cm³/mol. The lowest BCUT2D eigenvalue weighted by molar-refractivity contribution is -0.124. The van der Waals surface area contributed by atoms with Crippen molar-refractivity contribution in [3.63, 3.8) is 0 Å². The van der Waals surface area contributed by atoms with Crippen LogP contribution in [0.1, 0.15) is 27.7 Å². The summed E-state index contributed by atoms with van der Waals surface area (Å²) in [5, 5.41) is 6.22. The summed E-state index contributed by atoms with van der Waals surface area (Å²) in [6, 6.07) is 14.3. The van der Waals surface area contributed by atoms with E-state index in [0.29, 0.717) is 28.8 Å². The van der Waals surface area contributed by atoms with Crippen molar-refractivity contribution in [2.45, 2.75) is 33.2 Å². The molecule has 2 N–H and O–H groups in total. The molecule has 0 aliphatic heterocycles. The molecular formula is C22H28ClN3O3. The molecule has 0 bridgehead atoms. The first kappa shape index (κ1) is 22.7. The molecule has 0 saturated carbocycles. The lowest BCUT2D eigenvalue weighted by atomic mass is 10.1. The lowest BCUT2D eigenvalue weighted by Gasteiger charge is -2.24. The van der Waals surface area contributed by atoms with Gasteiger partial charge in [0.2, 0.25) is 11.8 Å². The van der Waals surface area contributed by atoms with E-state index < -0.39 is 0 Å². The van der Waals surface area contributed by atoms with E-state index in [9.17, 15) is 9.59 Å². The summed E-state index contributed by atoms with van der Waals surface area (Å²) < 4.78 is 5.87. The van der Waals surface area contributed by atoms with Gasteiger partial charge in [0, 0.05) is 10.6 Å². The van der Waals surface area contributed by atoms with Gasteiger partial charge in [-0.15, -0.1) is 0 Å². The van der Waals surface area contributed by atoms with E-state index in [1.807, 2.05) is 58.0 Å². The molecule has 156 valence electrons. The molecular weight excluding hydrogens is 390 g/mol. The summed E-state index contributed by atoms with van der Waals surface area (Å²) in [4.78, 5) is 26.5. The van der Waals surface area contributed by atoms with Crippen LogP contribution in [0.4, 0.5) is 5.69 Å². The minimum Gasteiger partial charge on any atom is -0.455 e. The van der Waals surface area contributed by atoms with Crippen LogP contribution < -0.4 is 15.4 Å². The number of rotatable bonds is 8. The molecule has 29 heavy (non-hydrogen) atoms. The molecule has 0 aromatic heterocycles. The number of carbonyl (C=O) groups excluding carboxylic acids is 2. The Morgan fingerprint density at radius 2 is 1.69 bits per heavy atom. The Morgan fingerprint density at radius 1 is 1.03 bits per heavy atom. The Balaban J connectivity index is 2.03. The summed E-state index contributed by atoms with van der Waals surface area (Å²) in [6.07, 6.45) is 0. The molecule has 2 aromatic rings. The van der Waals surface area contributed by atoms with Crippen molar-refractivity contribution < 1.29 is 14.3 Å². The second-order valence-corrected chi connectivity index (χ2v) is 8.14. The van der Waals surface area contributed by atoms with Gasteiger partial charge in [0.25, 0.3) is 0 Å². The highest BCUT2D eigenvalue weighted by atomic mass is 35.5. The standard InChI is InChI=1S/C22H28ClN3O3/c1-5-26(15-21(28)25-22(2,3)4)14-20(27)24-18-13-16(23)11-12-19(18)29-17-9-7-6-8-10-17/h6-13H,5,14-15H2,1-4H3,(H,24,27)(H,25,28). The van der Waals surface area contributed by atoms with Crippen LogP contribution in [-0.4, -0.2) is 41.9 Å². The number of ether oxygens (including phenoxy) is 1. The van der Waals surface area contributed by atoms with Gasteiger partial charge < -0.3 is 15.4 Å². The number of nitrogens with one attached hydrogen (secondary N) is 2. The van der Waals surface area contributed by atoms with Crippen LogP contribution in [0.25, 0.3) is 0 Å². The number of likely N-dealkylation sites (N-methyl/N-ethyl adjacent to an activating group) is 1. The van der Waals surface area contributed by atoms with Gasteiger partial charge >= 0.3 is 0 Å². The van der Waals surface area contributed by atoms with E-state index >= 15 is 0 Å². The molecule has 0 saturated heterocycles. The van der Waals surface area contributed by atoms with Crippen molar-refractivity contribution in [3.05, 3.63) is 53.6 Å². The molecule has 0 heterocycles. The van der Waals surface area contributed by atoms with Gasteiger partial charge in [-0.2, -0.15) is 0 Å². The first-order valence-corrected chi connectivity index (χ1v) is 9.90. The maximum absolute atomic E-state index is 12.6. The number of hydrogen-bond donors (Lipinski definition) is 2. The van der Waals surface area contributed by atoms with Crippen molar-refractivity contribution in [1.29, 1.82) is 0 Å². The molecule has 0 aliphatic rings. The fourth-order valence-corrected chi connectivity index (χ4v) is 2.81. The van der Waals surface area contributed by atoms with Gasteiger partial charge in [0.15, 0.2) is 5.75 Å². The van der Waals surface area contributed by atoms with Crippen molar-refractivity contribution in [1.82, 2.24) is 10.2 Å². The Morgan fingerprint density at radius 3 is 2.31 bits per heavy atom. The number of benzene rings is 2. The first-order valence-electron chi connectivity index (χ1n) is 9.52. The zero-order valence-corrected chi connectivity index (χ0v) is 18.0. The number of para-hydroxylation sites is 1. The number of halogens is 1. The third-order valence-corrected chi connectivity index (χ3v) is 4.12. The highest BCUT2D eigenvalue weighted by molar-refractivity contribution is 6.31. The molecule has 0 aliphatic carbocycles. The molecule has 0 unspecified atom stereocenters. The molecule has 7 heteroatoms. The van der Waals surface area contributed by atoms with Crippen LogP contribution in [-0.2, 0) is 9.59 Å². The molecule has 6 nitrogen and oxygen atoms in total. The molecule has 0 fully saturated rings. The van der Waals surface area contributed by atoms with Crippen molar-refractivity contribution in [2.24, 2.45) is 0 Å². The summed E-state index contributed by atoms with van der Waals surface area (Å²) >= 11 is 6.10. The summed E-state index contributed by atoms with van der Waals surface area (Å²) in [6.45, 7) is 8.44. The summed E-state index contributed by atoms with van der Waals surface area (Å²) in [5.74, 6) is 0.764. The third kappa shape index (κ3) is 8.13. The van der Waals surface area contributed by atoms with Gasteiger partial charge in [-0.1, -0.05) is 36.7 Å². The zero-order valence-electron chi connectivity index (χ0n) is 17.3. The smallest absolute Gasteiger partial charge is 0.238 e. The van der Waals surface area contributed by atoms with Crippen molar-refractivity contribution in [3.8, 4) is 11.5 Å². The van der Waals surface area contributed by atoms with Crippen LogP contribution in [0.5, 0.6) is 11.5 Å². The molecule has 0 spiro atoms.